The van der Waals surface area contributed by atoms with Gasteiger partial charge in [0.05, 0.1) is 7.11 Å². The van der Waals surface area contributed by atoms with Crippen LogP contribution in [0.25, 0.3) is 0 Å². The molecule has 2 fully saturated rings. The fourth-order valence-electron chi connectivity index (χ4n) is 4.92. The second kappa shape index (κ2) is 11.0. The number of nitrogens with one attached hydrogen (secondary N) is 1. The summed E-state index contributed by atoms with van der Waals surface area (Å²) in [4.78, 5) is 33.5. The fourth-order valence-corrected chi connectivity index (χ4v) is 4.92. The van der Waals surface area contributed by atoms with Gasteiger partial charge in [0.2, 0.25) is 5.91 Å². The summed E-state index contributed by atoms with van der Waals surface area (Å²) >= 11 is 0. The zero-order valence-electron chi connectivity index (χ0n) is 20.4. The molecule has 2 aliphatic rings. The summed E-state index contributed by atoms with van der Waals surface area (Å²) in [5, 5.41) is 2.98. The third kappa shape index (κ3) is 5.59. The van der Waals surface area contributed by atoms with Gasteiger partial charge in [0.25, 0.3) is 5.91 Å². The van der Waals surface area contributed by atoms with E-state index in [0.29, 0.717) is 36.5 Å². The Morgan fingerprint density at radius 3 is 2.21 bits per heavy atom. The molecule has 0 radical (unpaired) electrons. The maximum absolute atomic E-state index is 13.6. The summed E-state index contributed by atoms with van der Waals surface area (Å²) in [5.74, 6) is 0.357. The van der Waals surface area contributed by atoms with Gasteiger partial charge < -0.3 is 15.0 Å². The van der Waals surface area contributed by atoms with Crippen LogP contribution in [0, 0.1) is 0 Å². The second-order valence-corrected chi connectivity index (χ2v) is 9.44. The van der Waals surface area contributed by atoms with Gasteiger partial charge in [0.1, 0.15) is 11.8 Å². The van der Waals surface area contributed by atoms with Gasteiger partial charge in [-0.25, -0.2) is 0 Å². The SMILES string of the molecule is COc1ccc(C(=O)N[C@@H](C(=O)N2CCN(C3CCN(C(C)C)C3)CC2)c2ccccc2)cc1. The van der Waals surface area contributed by atoms with Crippen molar-refractivity contribution in [1.82, 2.24) is 20.0 Å². The molecule has 4 rings (SSSR count). The normalized spacial score (nSPS) is 20.4. The van der Waals surface area contributed by atoms with Crippen molar-refractivity contribution in [3.63, 3.8) is 0 Å². The molecule has 34 heavy (non-hydrogen) atoms. The van der Waals surface area contributed by atoms with Crippen molar-refractivity contribution in [2.24, 2.45) is 0 Å². The summed E-state index contributed by atoms with van der Waals surface area (Å²) in [6.45, 7) is 9.86. The molecule has 2 amide bonds. The van der Waals surface area contributed by atoms with Crippen LogP contribution in [-0.2, 0) is 4.79 Å². The number of hydrogen-bond donors (Lipinski definition) is 1. The van der Waals surface area contributed by atoms with Gasteiger partial charge in [-0.2, -0.15) is 0 Å². The van der Waals surface area contributed by atoms with Gasteiger partial charge in [0.15, 0.2) is 0 Å². The fraction of sp³-hybridized carbons (Fsp3) is 0.481. The van der Waals surface area contributed by atoms with E-state index in [1.165, 1.54) is 6.42 Å². The molecule has 2 saturated heterocycles. The predicted molar refractivity (Wildman–Crippen MR) is 133 cm³/mol. The molecule has 1 unspecified atom stereocenters. The zero-order valence-corrected chi connectivity index (χ0v) is 20.4. The summed E-state index contributed by atoms with van der Waals surface area (Å²) in [7, 11) is 1.59. The molecule has 1 N–H and O–H groups in total. The first-order chi connectivity index (χ1) is 16.5. The van der Waals surface area contributed by atoms with Crippen molar-refractivity contribution in [3.8, 4) is 5.75 Å². The molecule has 0 aliphatic carbocycles. The van der Waals surface area contributed by atoms with Crippen molar-refractivity contribution in [2.45, 2.75) is 38.4 Å². The number of carbonyl (C=O) groups is 2. The first-order valence-electron chi connectivity index (χ1n) is 12.2. The second-order valence-electron chi connectivity index (χ2n) is 9.44. The minimum Gasteiger partial charge on any atom is -0.497 e. The molecule has 0 aromatic heterocycles. The maximum atomic E-state index is 13.6. The minimum atomic E-state index is -0.717. The minimum absolute atomic E-state index is 0.0528. The summed E-state index contributed by atoms with van der Waals surface area (Å²) < 4.78 is 5.18. The number of nitrogens with zero attached hydrogens (tertiary/aromatic N) is 3. The van der Waals surface area contributed by atoms with Crippen molar-refractivity contribution in [3.05, 3.63) is 65.7 Å². The Morgan fingerprint density at radius 2 is 1.62 bits per heavy atom. The number of likely N-dealkylation sites (tertiary alicyclic amines) is 1. The Morgan fingerprint density at radius 1 is 0.941 bits per heavy atom. The number of rotatable bonds is 7. The number of piperazine rings is 1. The molecule has 182 valence electrons. The molecule has 7 nitrogen and oxygen atoms in total. The monoisotopic (exact) mass is 464 g/mol. The van der Waals surface area contributed by atoms with E-state index < -0.39 is 6.04 Å². The van der Waals surface area contributed by atoms with Gasteiger partial charge >= 0.3 is 0 Å². The lowest BCUT2D eigenvalue weighted by molar-refractivity contribution is -0.135. The van der Waals surface area contributed by atoms with Gasteiger partial charge in [0, 0.05) is 56.9 Å². The molecule has 2 aromatic carbocycles. The van der Waals surface area contributed by atoms with E-state index in [0.717, 1.165) is 31.7 Å². The van der Waals surface area contributed by atoms with Crippen LogP contribution in [0.5, 0.6) is 5.75 Å². The molecule has 2 aromatic rings. The number of amides is 2. The quantitative estimate of drug-likeness (QED) is 0.683. The van der Waals surface area contributed by atoms with Crippen LogP contribution in [0.4, 0.5) is 0 Å². The van der Waals surface area contributed by atoms with E-state index in [4.69, 9.17) is 4.74 Å². The Labute approximate surface area is 202 Å². The summed E-state index contributed by atoms with van der Waals surface area (Å²) in [6.07, 6.45) is 1.19. The lowest BCUT2D eigenvalue weighted by atomic mass is 10.0. The lowest BCUT2D eigenvalue weighted by Gasteiger charge is -2.39. The Hall–Kier alpha value is -2.90. The maximum Gasteiger partial charge on any atom is 0.252 e. The highest BCUT2D eigenvalue weighted by Crippen LogP contribution is 2.22. The van der Waals surface area contributed by atoms with Crippen LogP contribution >= 0.6 is 0 Å². The van der Waals surface area contributed by atoms with Crippen LogP contribution < -0.4 is 10.1 Å². The van der Waals surface area contributed by atoms with E-state index in [-0.39, 0.29) is 11.8 Å². The van der Waals surface area contributed by atoms with E-state index >= 15 is 0 Å². The van der Waals surface area contributed by atoms with Gasteiger partial charge in [-0.05, 0) is 50.1 Å². The number of hydrogen-bond acceptors (Lipinski definition) is 5. The molecule has 0 saturated carbocycles. The van der Waals surface area contributed by atoms with Crippen LogP contribution in [0.1, 0.15) is 42.2 Å². The van der Waals surface area contributed by atoms with Crippen molar-refractivity contribution < 1.29 is 14.3 Å². The van der Waals surface area contributed by atoms with Crippen molar-refractivity contribution >= 4 is 11.8 Å². The Kier molecular flexibility index (Phi) is 7.85. The lowest BCUT2D eigenvalue weighted by Crippen LogP contribution is -2.54. The molecule has 7 heteroatoms. The van der Waals surface area contributed by atoms with Gasteiger partial charge in [-0.3, -0.25) is 19.4 Å². The van der Waals surface area contributed by atoms with Crippen LogP contribution in [0.3, 0.4) is 0 Å². The van der Waals surface area contributed by atoms with E-state index in [1.54, 1.807) is 31.4 Å². The Bertz CT molecular complexity index is 956. The highest BCUT2D eigenvalue weighted by molar-refractivity contribution is 5.98. The average Bonchev–Trinajstić information content (AvgIpc) is 3.38. The third-order valence-electron chi connectivity index (χ3n) is 7.07. The first kappa shape index (κ1) is 24.2. The van der Waals surface area contributed by atoms with E-state index in [9.17, 15) is 9.59 Å². The summed E-state index contributed by atoms with van der Waals surface area (Å²) in [6, 6.07) is 16.8. The number of benzene rings is 2. The average molecular weight is 465 g/mol. The summed E-state index contributed by atoms with van der Waals surface area (Å²) in [5.41, 5.74) is 1.29. The topological polar surface area (TPSA) is 65.1 Å². The molecular formula is C27H36N4O3. The van der Waals surface area contributed by atoms with Crippen molar-refractivity contribution in [2.75, 3.05) is 46.4 Å². The molecule has 2 heterocycles. The standard InChI is InChI=1S/C27H36N4O3/c1-20(2)31-14-13-23(19-31)29-15-17-30(18-16-29)27(33)25(21-7-5-4-6-8-21)28-26(32)22-9-11-24(34-3)12-10-22/h4-12,20,23,25H,13-19H2,1-3H3,(H,28,32)/t23?,25-/m1/s1. The van der Waals surface area contributed by atoms with Crippen LogP contribution in [-0.4, -0.2) is 85.0 Å². The Balaban J connectivity index is 1.41. The largest absolute Gasteiger partial charge is 0.497 e. The van der Waals surface area contributed by atoms with Gasteiger partial charge in [-0.15, -0.1) is 0 Å². The zero-order chi connectivity index (χ0) is 24.1. The molecule has 0 bridgehead atoms. The van der Waals surface area contributed by atoms with E-state index in [1.807, 2.05) is 35.2 Å². The number of carbonyl (C=O) groups excluding carboxylic acids is 2. The first-order valence-corrected chi connectivity index (χ1v) is 12.2. The molecule has 2 aliphatic heterocycles. The third-order valence-corrected chi connectivity index (χ3v) is 7.07. The smallest absolute Gasteiger partial charge is 0.252 e. The molecule has 2 atom stereocenters. The predicted octanol–water partition coefficient (Wildman–Crippen LogP) is 2.79. The van der Waals surface area contributed by atoms with Crippen molar-refractivity contribution in [1.29, 1.82) is 0 Å². The highest BCUT2D eigenvalue weighted by atomic mass is 16.5. The van der Waals surface area contributed by atoms with E-state index in [2.05, 4.69) is 29.0 Å². The number of methoxy groups -OCH3 is 1. The number of ether oxygens (including phenoxy) is 1. The van der Waals surface area contributed by atoms with Crippen LogP contribution in [0.2, 0.25) is 0 Å². The van der Waals surface area contributed by atoms with Crippen LogP contribution in [0.15, 0.2) is 54.6 Å². The molecular weight excluding hydrogens is 428 g/mol. The highest BCUT2D eigenvalue weighted by Gasteiger charge is 2.34. The van der Waals surface area contributed by atoms with Gasteiger partial charge in [-0.1, -0.05) is 30.3 Å². The molecule has 0 spiro atoms.